The number of methoxy groups -OCH3 is 1. The number of aryl methyl sites for hydroxylation is 1. The average molecular weight is 332 g/mol. The van der Waals surface area contributed by atoms with Gasteiger partial charge in [-0.2, -0.15) is 0 Å². The summed E-state index contributed by atoms with van der Waals surface area (Å²) >= 11 is 1.54. The fourth-order valence-electron chi connectivity index (χ4n) is 2.67. The monoisotopic (exact) mass is 332 g/mol. The highest BCUT2D eigenvalue weighted by Crippen LogP contribution is 2.28. The Bertz CT molecular complexity index is 569. The molecule has 1 aliphatic rings. The molecule has 1 heterocycles. The molecular weight excluding hydrogens is 308 g/mol. The van der Waals surface area contributed by atoms with Crippen molar-refractivity contribution in [2.75, 3.05) is 13.7 Å². The van der Waals surface area contributed by atoms with Crippen molar-refractivity contribution in [3.63, 3.8) is 0 Å². The quantitative estimate of drug-likeness (QED) is 0.801. The van der Waals surface area contributed by atoms with E-state index in [1.54, 1.807) is 13.2 Å². The van der Waals surface area contributed by atoms with E-state index in [1.165, 1.54) is 11.3 Å². The van der Waals surface area contributed by atoms with Crippen LogP contribution in [0.15, 0.2) is 11.0 Å². The van der Waals surface area contributed by atoms with Crippen molar-refractivity contribution in [2.45, 2.75) is 56.7 Å². The Balaban J connectivity index is 2.07. The Kier molecular flexibility index (Phi) is 5.79. The smallest absolute Gasteiger partial charge is 0.241 e. The van der Waals surface area contributed by atoms with Crippen LogP contribution in [0.2, 0.25) is 0 Å². The highest BCUT2D eigenvalue weighted by Gasteiger charge is 2.29. The second-order valence-electron chi connectivity index (χ2n) is 5.40. The summed E-state index contributed by atoms with van der Waals surface area (Å²) in [7, 11) is -1.75. The Labute approximate surface area is 131 Å². The minimum absolute atomic E-state index is 0.0172. The Morgan fingerprint density at radius 1 is 1.43 bits per heavy atom. The molecule has 2 rings (SSSR count). The number of sulfonamides is 1. The topological polar surface area (TPSA) is 67.4 Å². The predicted octanol–water partition coefficient (Wildman–Crippen LogP) is 2.01. The standard InChI is InChI=1S/C14H24N2O3S2/c1-4-15-9-13-8-14(10(2)20-13)21(17,18)16-11-5-6-12(7-11)19-3/h8,11-12,15-16H,4-7,9H2,1-3H3. The molecular formula is C14H24N2O3S2. The second kappa shape index (κ2) is 7.19. The van der Waals surface area contributed by atoms with Gasteiger partial charge in [-0.25, -0.2) is 13.1 Å². The first-order valence-corrected chi connectivity index (χ1v) is 9.61. The zero-order chi connectivity index (χ0) is 15.5. The number of rotatable bonds is 7. The molecule has 0 saturated heterocycles. The van der Waals surface area contributed by atoms with E-state index in [9.17, 15) is 8.42 Å². The van der Waals surface area contributed by atoms with Gasteiger partial charge in [-0.05, 0) is 38.8 Å². The lowest BCUT2D eigenvalue weighted by Crippen LogP contribution is -2.33. The fourth-order valence-corrected chi connectivity index (χ4v) is 5.56. The molecule has 1 fully saturated rings. The van der Waals surface area contributed by atoms with E-state index in [-0.39, 0.29) is 12.1 Å². The maximum Gasteiger partial charge on any atom is 0.241 e. The molecule has 0 amide bonds. The third kappa shape index (κ3) is 4.26. The molecule has 120 valence electrons. The van der Waals surface area contributed by atoms with Gasteiger partial charge in [-0.15, -0.1) is 11.3 Å². The molecule has 2 unspecified atom stereocenters. The van der Waals surface area contributed by atoms with Gasteiger partial charge in [-0.1, -0.05) is 6.92 Å². The molecule has 1 aliphatic carbocycles. The van der Waals surface area contributed by atoms with Crippen molar-refractivity contribution >= 4 is 21.4 Å². The molecule has 0 radical (unpaired) electrons. The Morgan fingerprint density at radius 2 is 2.19 bits per heavy atom. The number of hydrogen-bond acceptors (Lipinski definition) is 5. The summed E-state index contributed by atoms with van der Waals surface area (Å²) in [6.07, 6.45) is 2.68. The lowest BCUT2D eigenvalue weighted by Gasteiger charge is -2.13. The summed E-state index contributed by atoms with van der Waals surface area (Å²) in [6, 6.07) is 1.77. The molecule has 21 heavy (non-hydrogen) atoms. The van der Waals surface area contributed by atoms with Gasteiger partial charge < -0.3 is 10.1 Å². The van der Waals surface area contributed by atoms with Crippen molar-refractivity contribution in [2.24, 2.45) is 0 Å². The summed E-state index contributed by atoms with van der Waals surface area (Å²) in [5.74, 6) is 0. The average Bonchev–Trinajstić information content (AvgIpc) is 3.02. The number of ether oxygens (including phenoxy) is 1. The van der Waals surface area contributed by atoms with Gasteiger partial charge in [0, 0.05) is 29.5 Å². The van der Waals surface area contributed by atoms with E-state index in [1.807, 2.05) is 13.8 Å². The van der Waals surface area contributed by atoms with Crippen molar-refractivity contribution in [1.29, 1.82) is 0 Å². The van der Waals surface area contributed by atoms with E-state index in [0.29, 0.717) is 11.4 Å². The zero-order valence-electron chi connectivity index (χ0n) is 12.8. The van der Waals surface area contributed by atoms with Crippen LogP contribution in [0.5, 0.6) is 0 Å². The summed E-state index contributed by atoms with van der Waals surface area (Å²) in [4.78, 5) is 2.31. The number of hydrogen-bond donors (Lipinski definition) is 2. The van der Waals surface area contributed by atoms with Gasteiger partial charge in [-0.3, -0.25) is 0 Å². The molecule has 1 aromatic heterocycles. The van der Waals surface area contributed by atoms with Gasteiger partial charge in [0.2, 0.25) is 10.0 Å². The van der Waals surface area contributed by atoms with Crippen LogP contribution in [-0.2, 0) is 21.3 Å². The van der Waals surface area contributed by atoms with Crippen LogP contribution < -0.4 is 10.0 Å². The third-order valence-corrected chi connectivity index (χ3v) is 6.63. The van der Waals surface area contributed by atoms with Crippen molar-refractivity contribution < 1.29 is 13.2 Å². The number of thiophene rings is 1. The zero-order valence-corrected chi connectivity index (χ0v) is 14.4. The van der Waals surface area contributed by atoms with Crippen LogP contribution in [0.3, 0.4) is 0 Å². The maximum atomic E-state index is 12.5. The van der Waals surface area contributed by atoms with Crippen molar-refractivity contribution in [1.82, 2.24) is 10.0 Å². The van der Waals surface area contributed by atoms with Crippen LogP contribution in [0.25, 0.3) is 0 Å². The number of nitrogens with one attached hydrogen (secondary N) is 2. The van der Waals surface area contributed by atoms with Crippen LogP contribution in [-0.4, -0.2) is 34.2 Å². The van der Waals surface area contributed by atoms with Gasteiger partial charge >= 0.3 is 0 Å². The molecule has 0 aliphatic heterocycles. The SMILES string of the molecule is CCNCc1cc(S(=O)(=O)NC2CCC(OC)C2)c(C)s1. The summed E-state index contributed by atoms with van der Waals surface area (Å²) < 4.78 is 33.2. The lowest BCUT2D eigenvalue weighted by molar-refractivity contribution is 0.107. The van der Waals surface area contributed by atoms with Crippen LogP contribution >= 0.6 is 11.3 Å². The summed E-state index contributed by atoms with van der Waals surface area (Å²) in [5.41, 5.74) is 0. The molecule has 2 atom stereocenters. The minimum Gasteiger partial charge on any atom is -0.381 e. The largest absolute Gasteiger partial charge is 0.381 e. The van der Waals surface area contributed by atoms with E-state index < -0.39 is 10.0 Å². The molecule has 1 aromatic rings. The fraction of sp³-hybridized carbons (Fsp3) is 0.714. The molecule has 0 aromatic carbocycles. The molecule has 0 bridgehead atoms. The highest BCUT2D eigenvalue weighted by molar-refractivity contribution is 7.89. The first-order valence-electron chi connectivity index (χ1n) is 7.31. The Hall–Kier alpha value is -0.470. The normalized spacial score (nSPS) is 22.8. The van der Waals surface area contributed by atoms with E-state index in [0.717, 1.165) is 35.6 Å². The summed E-state index contributed by atoms with van der Waals surface area (Å²) in [5, 5.41) is 3.22. The van der Waals surface area contributed by atoms with E-state index in [2.05, 4.69) is 10.0 Å². The highest BCUT2D eigenvalue weighted by atomic mass is 32.2. The molecule has 2 N–H and O–H groups in total. The maximum absolute atomic E-state index is 12.5. The van der Waals surface area contributed by atoms with Gasteiger partial charge in [0.05, 0.1) is 11.0 Å². The minimum atomic E-state index is -3.43. The van der Waals surface area contributed by atoms with Crippen LogP contribution in [0.4, 0.5) is 0 Å². The van der Waals surface area contributed by atoms with Gasteiger partial charge in [0.15, 0.2) is 0 Å². The lowest BCUT2D eigenvalue weighted by atomic mass is 10.3. The van der Waals surface area contributed by atoms with Gasteiger partial charge in [0.25, 0.3) is 0 Å². The predicted molar refractivity (Wildman–Crippen MR) is 85.2 cm³/mol. The Morgan fingerprint density at radius 3 is 2.81 bits per heavy atom. The van der Waals surface area contributed by atoms with Crippen molar-refractivity contribution in [3.05, 3.63) is 15.8 Å². The second-order valence-corrected chi connectivity index (χ2v) is 8.43. The van der Waals surface area contributed by atoms with Crippen LogP contribution in [0, 0.1) is 6.92 Å². The molecule has 0 spiro atoms. The first-order chi connectivity index (χ1) is 9.96. The van der Waals surface area contributed by atoms with Crippen molar-refractivity contribution in [3.8, 4) is 0 Å². The summed E-state index contributed by atoms with van der Waals surface area (Å²) in [6.45, 7) is 5.48. The molecule has 1 saturated carbocycles. The van der Waals surface area contributed by atoms with Crippen LogP contribution in [0.1, 0.15) is 35.9 Å². The molecule has 5 nitrogen and oxygen atoms in total. The molecule has 7 heteroatoms. The van der Waals surface area contributed by atoms with E-state index in [4.69, 9.17) is 4.74 Å². The van der Waals surface area contributed by atoms with E-state index >= 15 is 0 Å². The van der Waals surface area contributed by atoms with Gasteiger partial charge in [0.1, 0.15) is 0 Å². The first kappa shape index (κ1) is 16.9. The third-order valence-electron chi connectivity index (χ3n) is 3.80.